The van der Waals surface area contributed by atoms with Gasteiger partial charge in [-0.3, -0.25) is 4.79 Å². The van der Waals surface area contributed by atoms with Gasteiger partial charge in [-0.15, -0.1) is 0 Å². The molecule has 1 heterocycles. The van der Waals surface area contributed by atoms with Gasteiger partial charge in [0, 0.05) is 34.8 Å². The van der Waals surface area contributed by atoms with Crippen LogP contribution in [0.4, 0.5) is 5.69 Å². The van der Waals surface area contributed by atoms with E-state index in [2.05, 4.69) is 21.2 Å². The summed E-state index contributed by atoms with van der Waals surface area (Å²) < 4.78 is 29.2. The number of anilines is 1. The van der Waals surface area contributed by atoms with E-state index in [4.69, 9.17) is 11.6 Å². The zero-order valence-corrected chi connectivity index (χ0v) is 17.6. The molecule has 0 unspecified atom stereocenters. The summed E-state index contributed by atoms with van der Waals surface area (Å²) in [4.78, 5) is 12.3. The molecule has 0 saturated carbocycles. The third-order valence-corrected chi connectivity index (χ3v) is 6.84. The maximum Gasteiger partial charge on any atom is 0.282 e. The molecule has 0 atom stereocenters. The van der Waals surface area contributed by atoms with Crippen molar-refractivity contribution in [3.63, 3.8) is 0 Å². The molecule has 1 aliphatic rings. The zero-order valence-electron chi connectivity index (χ0n) is 14.4. The van der Waals surface area contributed by atoms with Gasteiger partial charge < -0.3 is 5.32 Å². The molecule has 1 N–H and O–H groups in total. The van der Waals surface area contributed by atoms with Crippen molar-refractivity contribution < 1.29 is 13.2 Å². The van der Waals surface area contributed by atoms with Gasteiger partial charge in [0.05, 0.1) is 6.54 Å². The largest absolute Gasteiger partial charge is 0.325 e. The molecule has 0 aromatic heterocycles. The van der Waals surface area contributed by atoms with Gasteiger partial charge in [0.25, 0.3) is 10.2 Å². The molecule has 1 saturated heterocycles. The second kappa shape index (κ2) is 8.70. The number of halogens is 2. The third-order valence-electron chi connectivity index (χ3n) is 4.17. The van der Waals surface area contributed by atoms with Crippen LogP contribution in [-0.2, 0) is 21.5 Å². The summed E-state index contributed by atoms with van der Waals surface area (Å²) in [5.74, 6) is -0.370. The highest BCUT2D eigenvalue weighted by Crippen LogP contribution is 2.21. The Kier molecular flexibility index (Phi) is 6.54. The Labute approximate surface area is 172 Å². The highest BCUT2D eigenvalue weighted by molar-refractivity contribution is 9.10. The van der Waals surface area contributed by atoms with Crippen LogP contribution in [0.15, 0.2) is 53.0 Å². The van der Waals surface area contributed by atoms with Crippen LogP contribution in [0.1, 0.15) is 12.0 Å². The SMILES string of the molecule is O=C(CN1CCCN(Cc2ccc(Cl)cc2)S1(=O)=O)Nc1cccc(Br)c1. The average Bonchev–Trinajstić information content (AvgIpc) is 2.60. The summed E-state index contributed by atoms with van der Waals surface area (Å²) in [5.41, 5.74) is 1.46. The second-order valence-corrected chi connectivity index (χ2v) is 9.49. The summed E-state index contributed by atoms with van der Waals surface area (Å²) in [6, 6.07) is 14.2. The van der Waals surface area contributed by atoms with Crippen molar-refractivity contribution in [1.82, 2.24) is 8.61 Å². The van der Waals surface area contributed by atoms with E-state index in [1.54, 1.807) is 42.5 Å². The Morgan fingerprint density at radius 3 is 2.52 bits per heavy atom. The summed E-state index contributed by atoms with van der Waals surface area (Å²) in [5, 5.41) is 3.33. The van der Waals surface area contributed by atoms with Crippen LogP contribution in [0.3, 0.4) is 0 Å². The van der Waals surface area contributed by atoms with E-state index in [-0.39, 0.29) is 19.0 Å². The third kappa shape index (κ3) is 5.30. The van der Waals surface area contributed by atoms with Crippen molar-refractivity contribution in [2.75, 3.05) is 25.0 Å². The molecule has 2 aromatic rings. The Morgan fingerprint density at radius 1 is 1.11 bits per heavy atom. The van der Waals surface area contributed by atoms with Crippen molar-refractivity contribution >= 4 is 49.3 Å². The predicted octanol–water partition coefficient (Wildman–Crippen LogP) is 3.49. The number of hydrogen-bond donors (Lipinski definition) is 1. The topological polar surface area (TPSA) is 69.7 Å². The second-order valence-electron chi connectivity index (χ2n) is 6.21. The lowest BCUT2D eigenvalue weighted by molar-refractivity contribution is -0.116. The van der Waals surface area contributed by atoms with Crippen molar-refractivity contribution in [1.29, 1.82) is 0 Å². The highest BCUT2D eigenvalue weighted by Gasteiger charge is 2.34. The van der Waals surface area contributed by atoms with Gasteiger partial charge in [-0.2, -0.15) is 17.0 Å². The Bertz CT molecular complexity index is 922. The molecule has 1 amide bonds. The fraction of sp³-hybridized carbons (Fsp3) is 0.278. The zero-order chi connectivity index (χ0) is 19.4. The number of amides is 1. The molecule has 6 nitrogen and oxygen atoms in total. The van der Waals surface area contributed by atoms with Crippen LogP contribution in [0.2, 0.25) is 5.02 Å². The summed E-state index contributed by atoms with van der Waals surface area (Å²) >= 11 is 9.22. The Hall–Kier alpha value is -1.45. The number of rotatable bonds is 5. The average molecular weight is 473 g/mol. The molecule has 2 aromatic carbocycles. The maximum atomic E-state index is 12.9. The van der Waals surface area contributed by atoms with E-state index >= 15 is 0 Å². The molecule has 0 bridgehead atoms. The van der Waals surface area contributed by atoms with Gasteiger partial charge in [0.2, 0.25) is 5.91 Å². The molecule has 0 aliphatic carbocycles. The number of nitrogens with zero attached hydrogens (tertiary/aromatic N) is 2. The predicted molar refractivity (Wildman–Crippen MR) is 110 cm³/mol. The van der Waals surface area contributed by atoms with E-state index in [1.165, 1.54) is 8.61 Å². The van der Waals surface area contributed by atoms with E-state index in [0.29, 0.717) is 30.2 Å². The highest BCUT2D eigenvalue weighted by atomic mass is 79.9. The van der Waals surface area contributed by atoms with Crippen LogP contribution in [0.5, 0.6) is 0 Å². The lowest BCUT2D eigenvalue weighted by Crippen LogP contribution is -2.51. The quantitative estimate of drug-likeness (QED) is 0.724. The number of hydrogen-bond acceptors (Lipinski definition) is 3. The van der Waals surface area contributed by atoms with Gasteiger partial charge in [0.15, 0.2) is 0 Å². The van der Waals surface area contributed by atoms with E-state index in [0.717, 1.165) is 10.0 Å². The van der Waals surface area contributed by atoms with Gasteiger partial charge >= 0.3 is 0 Å². The van der Waals surface area contributed by atoms with Gasteiger partial charge in [-0.1, -0.05) is 45.7 Å². The summed E-state index contributed by atoms with van der Waals surface area (Å²) in [7, 11) is -3.70. The van der Waals surface area contributed by atoms with Crippen LogP contribution in [0.25, 0.3) is 0 Å². The van der Waals surface area contributed by atoms with Crippen molar-refractivity contribution in [2.45, 2.75) is 13.0 Å². The number of carbonyl (C=O) groups excluding carboxylic acids is 1. The molecule has 144 valence electrons. The smallest absolute Gasteiger partial charge is 0.282 e. The van der Waals surface area contributed by atoms with E-state index in [9.17, 15) is 13.2 Å². The molecule has 9 heteroatoms. The maximum absolute atomic E-state index is 12.9. The van der Waals surface area contributed by atoms with Crippen LogP contribution < -0.4 is 5.32 Å². The summed E-state index contributed by atoms with van der Waals surface area (Å²) in [6.07, 6.45) is 0.664. The monoisotopic (exact) mass is 471 g/mol. The molecule has 1 fully saturated rings. The first-order valence-electron chi connectivity index (χ1n) is 8.40. The van der Waals surface area contributed by atoms with Gasteiger partial charge in [-0.25, -0.2) is 0 Å². The fourth-order valence-electron chi connectivity index (χ4n) is 2.86. The van der Waals surface area contributed by atoms with Crippen molar-refractivity contribution in [3.05, 3.63) is 63.6 Å². The molecular formula is C18H19BrClN3O3S. The molecule has 1 aliphatic heterocycles. The first-order chi connectivity index (χ1) is 12.8. The van der Waals surface area contributed by atoms with Crippen LogP contribution in [-0.4, -0.2) is 42.6 Å². The van der Waals surface area contributed by atoms with E-state index in [1.807, 2.05) is 6.07 Å². The first-order valence-corrected chi connectivity index (χ1v) is 11.0. The minimum Gasteiger partial charge on any atom is -0.325 e. The molecule has 0 radical (unpaired) electrons. The molecule has 27 heavy (non-hydrogen) atoms. The first kappa shape index (κ1) is 20.3. The minimum atomic E-state index is -3.70. The van der Waals surface area contributed by atoms with Crippen LogP contribution >= 0.6 is 27.5 Å². The standard InChI is InChI=1S/C18H19BrClN3O3S/c19-15-3-1-4-17(11-15)21-18(24)13-23-10-2-9-22(27(23,25)26)12-14-5-7-16(20)8-6-14/h1,3-8,11H,2,9-10,12-13H2,(H,21,24). The molecular weight excluding hydrogens is 454 g/mol. The number of benzene rings is 2. The number of nitrogens with one attached hydrogen (secondary N) is 1. The summed E-state index contributed by atoms with van der Waals surface area (Å²) in [6.45, 7) is 0.787. The lowest BCUT2D eigenvalue weighted by Gasteiger charge is -2.34. The van der Waals surface area contributed by atoms with Crippen LogP contribution in [0, 0.1) is 0 Å². The fourth-order valence-corrected chi connectivity index (χ4v) is 5.02. The Morgan fingerprint density at radius 2 is 1.81 bits per heavy atom. The van der Waals surface area contributed by atoms with Crippen molar-refractivity contribution in [2.24, 2.45) is 0 Å². The Balaban J connectivity index is 1.66. The molecule has 0 spiro atoms. The van der Waals surface area contributed by atoms with E-state index < -0.39 is 10.2 Å². The lowest BCUT2D eigenvalue weighted by atomic mass is 10.2. The molecule has 3 rings (SSSR count). The minimum absolute atomic E-state index is 0.216. The number of carbonyl (C=O) groups is 1. The van der Waals surface area contributed by atoms with Crippen molar-refractivity contribution in [3.8, 4) is 0 Å². The normalized spacial score (nSPS) is 17.6. The van der Waals surface area contributed by atoms with Gasteiger partial charge in [0.1, 0.15) is 0 Å². The van der Waals surface area contributed by atoms with Gasteiger partial charge in [-0.05, 0) is 42.3 Å².